The molecule has 0 saturated carbocycles. The highest BCUT2D eigenvalue weighted by atomic mass is 16.6. The van der Waals surface area contributed by atoms with Crippen LogP contribution in [0.2, 0.25) is 0 Å². The predicted molar refractivity (Wildman–Crippen MR) is 133 cm³/mol. The maximum absolute atomic E-state index is 12.3. The van der Waals surface area contributed by atoms with Gasteiger partial charge in [0.15, 0.2) is 0 Å². The number of nitrogens with zero attached hydrogens (tertiary/aromatic N) is 3. The summed E-state index contributed by atoms with van der Waals surface area (Å²) in [5, 5.41) is 12.4. The Kier molecular flexibility index (Phi) is 6.78. The summed E-state index contributed by atoms with van der Waals surface area (Å²) in [5.41, 5.74) is 4.32. The number of nitrogens with one attached hydrogen (secondary N) is 1. The Bertz CT molecular complexity index is 1150. The predicted octanol–water partition coefficient (Wildman–Crippen LogP) is 5.49. The van der Waals surface area contributed by atoms with E-state index in [0.717, 1.165) is 41.4 Å². The summed E-state index contributed by atoms with van der Waals surface area (Å²) in [5.74, 6) is 0.840. The van der Waals surface area contributed by atoms with Crippen LogP contribution >= 0.6 is 0 Å². The number of carbonyl (C=O) groups is 1. The van der Waals surface area contributed by atoms with Crippen LogP contribution in [0.5, 0.6) is 0 Å². The first kappa shape index (κ1) is 23.2. The Morgan fingerprint density at radius 2 is 1.71 bits per heavy atom. The molecule has 1 aliphatic heterocycles. The quantitative estimate of drug-likeness (QED) is 0.545. The van der Waals surface area contributed by atoms with Crippen LogP contribution in [0, 0.1) is 11.3 Å². The Morgan fingerprint density at radius 1 is 1.03 bits per heavy atom. The molecular formula is C27H30N4O3. The number of anilines is 2. The summed E-state index contributed by atoms with van der Waals surface area (Å²) in [7, 11) is 0. The highest BCUT2D eigenvalue weighted by Gasteiger charge is 2.25. The van der Waals surface area contributed by atoms with Gasteiger partial charge in [0.1, 0.15) is 11.4 Å². The molecule has 0 atom stereocenters. The zero-order chi connectivity index (χ0) is 24.1. The van der Waals surface area contributed by atoms with Crippen molar-refractivity contribution in [2.45, 2.75) is 32.9 Å². The third-order valence-corrected chi connectivity index (χ3v) is 5.69. The van der Waals surface area contributed by atoms with Crippen molar-refractivity contribution >= 4 is 17.5 Å². The second-order valence-corrected chi connectivity index (χ2v) is 9.30. The van der Waals surface area contributed by atoms with Crippen LogP contribution in [0.4, 0.5) is 16.2 Å². The topological polar surface area (TPSA) is 81.7 Å². The second-order valence-electron chi connectivity index (χ2n) is 9.30. The second kappa shape index (κ2) is 9.92. The number of carbonyl (C=O) groups excluding carboxylic acids is 1. The van der Waals surface area contributed by atoms with Crippen molar-refractivity contribution in [1.82, 2.24) is 4.90 Å². The molecule has 3 aromatic rings. The molecule has 1 fully saturated rings. The highest BCUT2D eigenvalue weighted by molar-refractivity contribution is 5.69. The lowest BCUT2D eigenvalue weighted by atomic mass is 10.0. The van der Waals surface area contributed by atoms with E-state index in [4.69, 9.17) is 14.4 Å². The van der Waals surface area contributed by atoms with Crippen LogP contribution < -0.4 is 10.2 Å². The molecule has 4 rings (SSSR count). The van der Waals surface area contributed by atoms with Crippen molar-refractivity contribution in [3.8, 4) is 17.2 Å². The molecule has 7 heteroatoms. The molecule has 1 aliphatic rings. The lowest BCUT2D eigenvalue weighted by molar-refractivity contribution is 0.0240. The monoisotopic (exact) mass is 458 g/mol. The molecule has 7 nitrogen and oxygen atoms in total. The van der Waals surface area contributed by atoms with E-state index in [1.165, 1.54) is 0 Å². The normalized spacial score (nSPS) is 13.9. The molecule has 0 radical (unpaired) electrons. The first-order valence-electron chi connectivity index (χ1n) is 11.5. The molecule has 0 bridgehead atoms. The van der Waals surface area contributed by atoms with Gasteiger partial charge in [-0.15, -0.1) is 0 Å². The summed E-state index contributed by atoms with van der Waals surface area (Å²) in [6.45, 7) is 9.04. The van der Waals surface area contributed by atoms with Gasteiger partial charge in [-0.2, -0.15) is 5.26 Å². The van der Waals surface area contributed by atoms with E-state index in [1.807, 2.05) is 51.1 Å². The zero-order valence-electron chi connectivity index (χ0n) is 19.9. The molecule has 1 N–H and O–H groups in total. The van der Waals surface area contributed by atoms with Gasteiger partial charge < -0.3 is 24.3 Å². The largest absolute Gasteiger partial charge is 0.467 e. The maximum atomic E-state index is 12.3. The van der Waals surface area contributed by atoms with E-state index < -0.39 is 5.60 Å². The molecule has 0 spiro atoms. The Labute approximate surface area is 200 Å². The third-order valence-electron chi connectivity index (χ3n) is 5.69. The summed E-state index contributed by atoms with van der Waals surface area (Å²) < 4.78 is 11.2. The number of nitriles is 1. The molecule has 176 valence electrons. The van der Waals surface area contributed by atoms with Gasteiger partial charge >= 0.3 is 6.09 Å². The number of ether oxygens (including phenoxy) is 1. The van der Waals surface area contributed by atoms with Crippen LogP contribution in [-0.4, -0.2) is 42.8 Å². The number of amides is 1. The molecule has 1 saturated heterocycles. The number of benzene rings is 2. The summed E-state index contributed by atoms with van der Waals surface area (Å²) >= 11 is 0. The molecule has 2 aromatic carbocycles. The summed E-state index contributed by atoms with van der Waals surface area (Å²) in [6.07, 6.45) is 1.44. The van der Waals surface area contributed by atoms with Crippen molar-refractivity contribution in [1.29, 1.82) is 5.26 Å². The molecule has 34 heavy (non-hydrogen) atoms. The maximum Gasteiger partial charge on any atom is 0.410 e. The van der Waals surface area contributed by atoms with Gasteiger partial charge in [-0.05, 0) is 68.8 Å². The van der Waals surface area contributed by atoms with Gasteiger partial charge in [-0.25, -0.2) is 4.79 Å². The van der Waals surface area contributed by atoms with Gasteiger partial charge in [-0.3, -0.25) is 0 Å². The van der Waals surface area contributed by atoms with Crippen LogP contribution in [0.3, 0.4) is 0 Å². The van der Waals surface area contributed by atoms with Gasteiger partial charge in [-0.1, -0.05) is 12.1 Å². The van der Waals surface area contributed by atoms with Gasteiger partial charge in [0, 0.05) is 43.1 Å². The zero-order valence-corrected chi connectivity index (χ0v) is 19.9. The molecule has 1 aromatic heterocycles. The Morgan fingerprint density at radius 3 is 2.32 bits per heavy atom. The van der Waals surface area contributed by atoms with Crippen LogP contribution in [0.15, 0.2) is 65.3 Å². The first-order valence-corrected chi connectivity index (χ1v) is 11.5. The molecule has 1 amide bonds. The van der Waals surface area contributed by atoms with Crippen LogP contribution in [-0.2, 0) is 11.3 Å². The van der Waals surface area contributed by atoms with Crippen LogP contribution in [0.25, 0.3) is 11.1 Å². The SMILES string of the molecule is CC(C)(C)OC(=O)N1CCN(c2ccc(NCc3occc3-c3ccc(C#N)cc3)cc2)CC1. The fourth-order valence-electron chi connectivity index (χ4n) is 3.91. The average Bonchev–Trinajstić information content (AvgIpc) is 3.31. The Hall–Kier alpha value is -3.92. The lowest BCUT2D eigenvalue weighted by Crippen LogP contribution is -2.50. The summed E-state index contributed by atoms with van der Waals surface area (Å²) in [4.78, 5) is 16.3. The number of rotatable bonds is 5. The molecule has 2 heterocycles. The minimum Gasteiger partial charge on any atom is -0.467 e. The van der Waals surface area contributed by atoms with Crippen molar-refractivity contribution in [3.63, 3.8) is 0 Å². The van der Waals surface area contributed by atoms with E-state index >= 15 is 0 Å². The van der Waals surface area contributed by atoms with E-state index in [-0.39, 0.29) is 6.09 Å². The van der Waals surface area contributed by atoms with Crippen molar-refractivity contribution in [2.75, 3.05) is 36.4 Å². The van der Waals surface area contributed by atoms with Crippen LogP contribution in [0.1, 0.15) is 32.1 Å². The molecule has 0 aliphatic carbocycles. The van der Waals surface area contributed by atoms with E-state index in [1.54, 1.807) is 11.2 Å². The van der Waals surface area contributed by atoms with E-state index in [0.29, 0.717) is 25.2 Å². The fraction of sp³-hybridized carbons (Fsp3) is 0.333. The smallest absolute Gasteiger partial charge is 0.410 e. The van der Waals surface area contributed by atoms with Gasteiger partial charge in [0.05, 0.1) is 24.4 Å². The summed E-state index contributed by atoms with van der Waals surface area (Å²) in [6, 6.07) is 19.9. The first-order chi connectivity index (χ1) is 16.3. The standard InChI is InChI=1S/C27H30N4O3/c1-27(2,3)34-26(32)31-15-13-30(14-16-31)23-10-8-22(9-11-23)29-19-25-24(12-17-33-25)21-6-4-20(18-28)5-7-21/h4-12,17,29H,13-16,19H2,1-3H3. The third kappa shape index (κ3) is 5.70. The number of hydrogen-bond donors (Lipinski definition) is 1. The Balaban J connectivity index is 1.31. The minimum absolute atomic E-state index is 0.245. The fourth-order valence-corrected chi connectivity index (χ4v) is 3.91. The van der Waals surface area contributed by atoms with Crippen molar-refractivity contribution < 1.29 is 13.9 Å². The van der Waals surface area contributed by atoms with Crippen molar-refractivity contribution in [2.24, 2.45) is 0 Å². The number of piperazine rings is 1. The molecular weight excluding hydrogens is 428 g/mol. The van der Waals surface area contributed by atoms with Gasteiger partial charge in [0.25, 0.3) is 0 Å². The average molecular weight is 459 g/mol. The molecule has 0 unspecified atom stereocenters. The minimum atomic E-state index is -0.477. The highest BCUT2D eigenvalue weighted by Crippen LogP contribution is 2.27. The number of furan rings is 1. The van der Waals surface area contributed by atoms with Gasteiger partial charge in [0.2, 0.25) is 0 Å². The number of hydrogen-bond acceptors (Lipinski definition) is 6. The van der Waals surface area contributed by atoms with E-state index in [9.17, 15) is 4.79 Å². The lowest BCUT2D eigenvalue weighted by Gasteiger charge is -2.36. The van der Waals surface area contributed by atoms with E-state index in [2.05, 4.69) is 40.6 Å². The van der Waals surface area contributed by atoms with Crippen molar-refractivity contribution in [3.05, 3.63) is 72.2 Å².